The molecular weight excluding hydrogens is 383 g/mol. The highest BCUT2D eigenvalue weighted by atomic mass is 19.1. The number of aryl methyl sites for hydroxylation is 2. The number of fused-ring (bicyclic) bond motifs is 4. The zero-order valence-corrected chi connectivity index (χ0v) is 17.0. The van der Waals surface area contributed by atoms with Gasteiger partial charge in [0, 0.05) is 18.5 Å². The first-order valence-corrected chi connectivity index (χ1v) is 9.95. The van der Waals surface area contributed by atoms with E-state index in [0.29, 0.717) is 29.2 Å². The maximum absolute atomic E-state index is 14.0. The van der Waals surface area contributed by atoms with Crippen molar-refractivity contribution in [1.29, 1.82) is 0 Å². The molecule has 2 aromatic carbocycles. The second-order valence-electron chi connectivity index (χ2n) is 7.93. The fraction of sp³-hybridized carbons (Fsp3) is 0.261. The molecule has 1 aromatic heterocycles. The van der Waals surface area contributed by atoms with Crippen LogP contribution in [0.5, 0.6) is 0 Å². The van der Waals surface area contributed by atoms with Gasteiger partial charge in [0.15, 0.2) is 0 Å². The molecule has 1 atom stereocenters. The molecule has 7 heteroatoms. The molecule has 0 aliphatic carbocycles. The Morgan fingerprint density at radius 2 is 1.90 bits per heavy atom. The number of carbonyl (C=O) groups is 2. The summed E-state index contributed by atoms with van der Waals surface area (Å²) in [5.41, 5.74) is 3.65. The van der Waals surface area contributed by atoms with Gasteiger partial charge in [-0.2, -0.15) is 5.10 Å². The minimum atomic E-state index is -1.20. The van der Waals surface area contributed by atoms with Crippen molar-refractivity contribution < 1.29 is 14.0 Å². The van der Waals surface area contributed by atoms with Crippen LogP contribution in [0.15, 0.2) is 42.6 Å². The van der Waals surface area contributed by atoms with E-state index in [2.05, 4.69) is 10.4 Å². The Bertz CT molecular complexity index is 1230. The van der Waals surface area contributed by atoms with Crippen LogP contribution in [0, 0.1) is 19.7 Å². The summed E-state index contributed by atoms with van der Waals surface area (Å²) >= 11 is 0. The highest BCUT2D eigenvalue weighted by Crippen LogP contribution is 2.52. The first-order chi connectivity index (χ1) is 14.4. The third-order valence-corrected chi connectivity index (χ3v) is 6.28. The Morgan fingerprint density at radius 3 is 2.63 bits per heavy atom. The Labute approximate surface area is 173 Å². The van der Waals surface area contributed by atoms with Gasteiger partial charge in [0.1, 0.15) is 17.1 Å². The fourth-order valence-corrected chi connectivity index (χ4v) is 4.64. The van der Waals surface area contributed by atoms with Gasteiger partial charge >= 0.3 is 0 Å². The molecule has 0 fully saturated rings. The SMILES string of the molecule is CCN1C(=O)C2(CC(=O)Nc3c2cnn3-c2ccc(C)c(C)c2)c2ccc(F)cc21. The number of amides is 2. The molecule has 152 valence electrons. The summed E-state index contributed by atoms with van der Waals surface area (Å²) in [4.78, 5) is 28.0. The average molecular weight is 404 g/mol. The first-order valence-electron chi connectivity index (χ1n) is 9.95. The van der Waals surface area contributed by atoms with Crippen LogP contribution in [0.2, 0.25) is 0 Å². The number of hydrogen-bond acceptors (Lipinski definition) is 3. The second-order valence-corrected chi connectivity index (χ2v) is 7.93. The maximum Gasteiger partial charge on any atom is 0.242 e. The van der Waals surface area contributed by atoms with E-state index in [-0.39, 0.29) is 18.2 Å². The summed E-state index contributed by atoms with van der Waals surface area (Å²) in [7, 11) is 0. The number of aromatic nitrogens is 2. The zero-order valence-electron chi connectivity index (χ0n) is 17.0. The largest absolute Gasteiger partial charge is 0.311 e. The van der Waals surface area contributed by atoms with Gasteiger partial charge < -0.3 is 10.2 Å². The number of halogens is 1. The highest BCUT2D eigenvalue weighted by Gasteiger charge is 2.56. The Morgan fingerprint density at radius 1 is 1.10 bits per heavy atom. The van der Waals surface area contributed by atoms with Crippen molar-refractivity contribution >= 4 is 23.3 Å². The van der Waals surface area contributed by atoms with Gasteiger partial charge in [-0.3, -0.25) is 9.59 Å². The van der Waals surface area contributed by atoms with E-state index in [1.54, 1.807) is 21.8 Å². The van der Waals surface area contributed by atoms with Crippen LogP contribution in [0.25, 0.3) is 5.69 Å². The molecule has 2 amide bonds. The lowest BCUT2D eigenvalue weighted by Crippen LogP contribution is -2.46. The molecule has 30 heavy (non-hydrogen) atoms. The van der Waals surface area contributed by atoms with E-state index in [1.165, 1.54) is 12.1 Å². The second kappa shape index (κ2) is 6.26. The molecule has 1 N–H and O–H groups in total. The molecular formula is C23H21FN4O2. The Balaban J connectivity index is 1.76. The normalized spacial score (nSPS) is 19.8. The Hall–Kier alpha value is -3.48. The number of carbonyl (C=O) groups excluding carboxylic acids is 2. The molecule has 3 aromatic rings. The van der Waals surface area contributed by atoms with E-state index in [1.807, 2.05) is 39.0 Å². The van der Waals surface area contributed by atoms with Crippen LogP contribution in [-0.4, -0.2) is 28.1 Å². The monoisotopic (exact) mass is 404 g/mol. The lowest BCUT2D eigenvalue weighted by atomic mass is 9.72. The quantitative estimate of drug-likeness (QED) is 0.709. The van der Waals surface area contributed by atoms with Crippen LogP contribution < -0.4 is 10.2 Å². The molecule has 6 nitrogen and oxygen atoms in total. The number of hydrogen-bond donors (Lipinski definition) is 1. The van der Waals surface area contributed by atoms with Gasteiger partial charge in [-0.05, 0) is 61.7 Å². The van der Waals surface area contributed by atoms with Crippen LogP contribution >= 0.6 is 0 Å². The van der Waals surface area contributed by atoms with Crippen molar-refractivity contribution in [3.05, 3.63) is 70.7 Å². The summed E-state index contributed by atoms with van der Waals surface area (Å²) in [5, 5.41) is 7.43. The average Bonchev–Trinajstić information content (AvgIpc) is 3.22. The van der Waals surface area contributed by atoms with Crippen LogP contribution in [0.4, 0.5) is 15.9 Å². The van der Waals surface area contributed by atoms with Crippen molar-refractivity contribution in [2.45, 2.75) is 32.6 Å². The molecule has 0 saturated carbocycles. The minimum absolute atomic E-state index is 0.0351. The molecule has 2 aliphatic heterocycles. The van der Waals surface area contributed by atoms with E-state index in [4.69, 9.17) is 0 Å². The lowest BCUT2D eigenvalue weighted by Gasteiger charge is -2.32. The number of nitrogens with one attached hydrogen (secondary N) is 1. The number of rotatable bonds is 2. The van der Waals surface area contributed by atoms with Crippen LogP contribution in [0.1, 0.15) is 35.6 Å². The standard InChI is InChI=1S/C23H21FN4O2/c1-4-27-19-10-15(24)6-8-17(19)23(22(27)30)11-20(29)26-21-18(23)12-25-28(21)16-7-5-13(2)14(3)9-16/h5-10,12H,4,11H2,1-3H3,(H,26,29). The molecule has 0 radical (unpaired) electrons. The van der Waals surface area contributed by atoms with E-state index in [9.17, 15) is 14.0 Å². The lowest BCUT2D eigenvalue weighted by molar-refractivity contribution is -0.126. The topological polar surface area (TPSA) is 67.2 Å². The number of likely N-dealkylation sites (N-methyl/N-ethyl adjacent to an activating group) is 1. The Kier molecular flexibility index (Phi) is 3.87. The van der Waals surface area contributed by atoms with Gasteiger partial charge in [0.05, 0.1) is 17.6 Å². The van der Waals surface area contributed by atoms with Crippen LogP contribution in [0.3, 0.4) is 0 Å². The van der Waals surface area contributed by atoms with Gasteiger partial charge in [-0.25, -0.2) is 9.07 Å². The molecule has 0 saturated heterocycles. The summed E-state index contributed by atoms with van der Waals surface area (Å²) in [6, 6.07) is 10.2. The van der Waals surface area contributed by atoms with Crippen molar-refractivity contribution in [3.8, 4) is 5.69 Å². The van der Waals surface area contributed by atoms with E-state index in [0.717, 1.165) is 16.8 Å². The smallest absolute Gasteiger partial charge is 0.242 e. The van der Waals surface area contributed by atoms with E-state index >= 15 is 0 Å². The minimum Gasteiger partial charge on any atom is -0.311 e. The predicted octanol–water partition coefficient (Wildman–Crippen LogP) is 3.62. The molecule has 5 rings (SSSR count). The number of nitrogens with zero attached hydrogens (tertiary/aromatic N) is 3. The van der Waals surface area contributed by atoms with Crippen molar-refractivity contribution in [1.82, 2.24) is 9.78 Å². The summed E-state index contributed by atoms with van der Waals surface area (Å²) in [6.45, 7) is 6.27. The molecule has 0 bridgehead atoms. The van der Waals surface area contributed by atoms with Crippen LogP contribution in [-0.2, 0) is 15.0 Å². The highest BCUT2D eigenvalue weighted by molar-refractivity contribution is 6.15. The summed E-state index contributed by atoms with van der Waals surface area (Å²) in [6.07, 6.45) is 1.61. The van der Waals surface area contributed by atoms with Gasteiger partial charge in [-0.1, -0.05) is 12.1 Å². The van der Waals surface area contributed by atoms with E-state index < -0.39 is 11.2 Å². The molecule has 1 spiro atoms. The maximum atomic E-state index is 14.0. The van der Waals surface area contributed by atoms with Crippen molar-refractivity contribution in [2.24, 2.45) is 0 Å². The third-order valence-electron chi connectivity index (χ3n) is 6.28. The molecule has 1 unspecified atom stereocenters. The zero-order chi connectivity index (χ0) is 21.2. The number of anilines is 2. The third kappa shape index (κ3) is 2.32. The predicted molar refractivity (Wildman–Crippen MR) is 111 cm³/mol. The number of benzene rings is 2. The van der Waals surface area contributed by atoms with Crippen molar-refractivity contribution in [3.63, 3.8) is 0 Å². The first kappa shape index (κ1) is 18.5. The molecule has 2 aliphatic rings. The molecule has 3 heterocycles. The van der Waals surface area contributed by atoms with Gasteiger partial charge in [-0.15, -0.1) is 0 Å². The fourth-order valence-electron chi connectivity index (χ4n) is 4.64. The van der Waals surface area contributed by atoms with Crippen molar-refractivity contribution in [2.75, 3.05) is 16.8 Å². The summed E-state index contributed by atoms with van der Waals surface area (Å²) < 4.78 is 15.6. The summed E-state index contributed by atoms with van der Waals surface area (Å²) in [5.74, 6) is -0.421. The van der Waals surface area contributed by atoms with Gasteiger partial charge in [0.25, 0.3) is 0 Å². The van der Waals surface area contributed by atoms with Gasteiger partial charge in [0.2, 0.25) is 11.8 Å².